The normalized spacial score (nSPS) is 23.6. The predicted molar refractivity (Wildman–Crippen MR) is 154 cm³/mol. The van der Waals surface area contributed by atoms with Gasteiger partial charge in [-0.25, -0.2) is 0 Å². The van der Waals surface area contributed by atoms with Crippen molar-refractivity contribution in [1.82, 2.24) is 0 Å². The van der Waals surface area contributed by atoms with Crippen LogP contribution in [0.3, 0.4) is 0 Å². The molecule has 2 aliphatic rings. The van der Waals surface area contributed by atoms with Crippen molar-refractivity contribution in [2.24, 2.45) is 5.92 Å². The minimum atomic E-state index is -0.446. The summed E-state index contributed by atoms with van der Waals surface area (Å²) in [6.07, 6.45) is -0.596. The van der Waals surface area contributed by atoms with E-state index in [0.29, 0.717) is 26.4 Å². The van der Waals surface area contributed by atoms with Gasteiger partial charge in [0, 0.05) is 0 Å². The molecule has 0 spiro atoms. The SMILES string of the molecule is Cc1ccc2c(c1)CC1C(O2)OC(COCc2ccccc2)C(OCc2ccccc2)C1OCc1ccccc1. The van der Waals surface area contributed by atoms with Gasteiger partial charge in [0.1, 0.15) is 18.0 Å². The number of hydrogen-bond donors (Lipinski definition) is 0. The van der Waals surface area contributed by atoms with E-state index in [0.717, 1.165) is 28.9 Å². The first-order chi connectivity index (χ1) is 19.7. The standard InChI is InChI=1S/C35H36O5/c1-25-17-18-31-29(19-25)20-30-33(37-22-27-13-7-3-8-14-27)34(38-23-28-15-9-4-10-16-28)32(40-35(30)39-31)24-36-21-26-11-5-2-6-12-26/h2-19,30,32-35H,20-24H2,1H3. The molecule has 40 heavy (non-hydrogen) atoms. The molecule has 0 aliphatic carbocycles. The van der Waals surface area contributed by atoms with Crippen LogP contribution in [0.15, 0.2) is 109 Å². The van der Waals surface area contributed by atoms with Gasteiger partial charge in [-0.05, 0) is 41.7 Å². The van der Waals surface area contributed by atoms with Gasteiger partial charge in [-0.1, -0.05) is 109 Å². The van der Waals surface area contributed by atoms with Gasteiger partial charge in [0.2, 0.25) is 6.29 Å². The number of aryl methyl sites for hydroxylation is 1. The predicted octanol–water partition coefficient (Wildman–Crippen LogP) is 6.66. The number of rotatable bonds is 10. The number of benzene rings is 4. The van der Waals surface area contributed by atoms with Gasteiger partial charge >= 0.3 is 0 Å². The number of ether oxygens (including phenoxy) is 5. The monoisotopic (exact) mass is 536 g/mol. The Morgan fingerprint density at radius 1 is 0.675 bits per heavy atom. The molecule has 0 bridgehead atoms. The first-order valence-electron chi connectivity index (χ1n) is 14.1. The zero-order valence-corrected chi connectivity index (χ0v) is 22.9. The fraction of sp³-hybridized carbons (Fsp3) is 0.314. The average molecular weight is 537 g/mol. The zero-order valence-electron chi connectivity index (χ0n) is 22.9. The van der Waals surface area contributed by atoms with Gasteiger partial charge in [-0.15, -0.1) is 0 Å². The van der Waals surface area contributed by atoms with Crippen LogP contribution < -0.4 is 4.74 Å². The molecular formula is C35H36O5. The van der Waals surface area contributed by atoms with E-state index in [9.17, 15) is 0 Å². The van der Waals surface area contributed by atoms with E-state index in [1.807, 2.05) is 60.7 Å². The second-order valence-electron chi connectivity index (χ2n) is 10.7. The van der Waals surface area contributed by atoms with E-state index >= 15 is 0 Å². The average Bonchev–Trinajstić information content (AvgIpc) is 3.00. The van der Waals surface area contributed by atoms with Gasteiger partial charge in [0.15, 0.2) is 0 Å². The van der Waals surface area contributed by atoms with Gasteiger partial charge in [0.05, 0.1) is 38.4 Å². The topological polar surface area (TPSA) is 46.2 Å². The first kappa shape index (κ1) is 26.7. The Hall–Kier alpha value is -3.48. The van der Waals surface area contributed by atoms with E-state index in [1.54, 1.807) is 0 Å². The van der Waals surface area contributed by atoms with Crippen molar-refractivity contribution in [3.63, 3.8) is 0 Å². The third-order valence-electron chi connectivity index (χ3n) is 7.65. The van der Waals surface area contributed by atoms with Crippen LogP contribution in [0.4, 0.5) is 0 Å². The lowest BCUT2D eigenvalue weighted by Crippen LogP contribution is -2.60. The highest BCUT2D eigenvalue weighted by Crippen LogP contribution is 2.41. The summed E-state index contributed by atoms with van der Waals surface area (Å²) in [5, 5.41) is 0. The molecule has 5 atom stereocenters. The summed E-state index contributed by atoms with van der Waals surface area (Å²) in [4.78, 5) is 0. The van der Waals surface area contributed by atoms with Crippen LogP contribution >= 0.6 is 0 Å². The van der Waals surface area contributed by atoms with Crippen LogP contribution in [0.5, 0.6) is 5.75 Å². The molecule has 2 heterocycles. The lowest BCUT2D eigenvalue weighted by molar-refractivity contribution is -0.288. The lowest BCUT2D eigenvalue weighted by atomic mass is 9.83. The molecule has 1 fully saturated rings. The minimum absolute atomic E-state index is 0.0239. The molecule has 0 amide bonds. The molecule has 0 saturated carbocycles. The van der Waals surface area contributed by atoms with Crippen LogP contribution in [0.25, 0.3) is 0 Å². The third-order valence-corrected chi connectivity index (χ3v) is 7.65. The van der Waals surface area contributed by atoms with Gasteiger partial charge in [0.25, 0.3) is 0 Å². The summed E-state index contributed by atoms with van der Waals surface area (Å²) in [5.74, 6) is 0.852. The van der Waals surface area contributed by atoms with Gasteiger partial charge in [-0.2, -0.15) is 0 Å². The molecule has 4 aromatic rings. The molecule has 2 aliphatic heterocycles. The van der Waals surface area contributed by atoms with Crippen molar-refractivity contribution >= 4 is 0 Å². The molecule has 5 unspecified atom stereocenters. The van der Waals surface area contributed by atoms with Crippen molar-refractivity contribution in [2.45, 2.75) is 57.8 Å². The Morgan fingerprint density at radius 2 is 1.25 bits per heavy atom. The minimum Gasteiger partial charge on any atom is -0.464 e. The summed E-state index contributed by atoms with van der Waals surface area (Å²) in [7, 11) is 0. The second-order valence-corrected chi connectivity index (χ2v) is 10.7. The Labute approximate surface area is 236 Å². The molecule has 4 aromatic carbocycles. The van der Waals surface area contributed by atoms with Crippen molar-refractivity contribution < 1.29 is 23.7 Å². The Bertz CT molecular complexity index is 1340. The molecule has 5 heteroatoms. The smallest absolute Gasteiger partial charge is 0.206 e. The van der Waals surface area contributed by atoms with Crippen LogP contribution in [0.2, 0.25) is 0 Å². The summed E-state index contributed by atoms with van der Waals surface area (Å²) < 4.78 is 32.7. The fourth-order valence-electron chi connectivity index (χ4n) is 5.61. The van der Waals surface area contributed by atoms with Crippen LogP contribution in [-0.4, -0.2) is 31.2 Å². The fourth-order valence-corrected chi connectivity index (χ4v) is 5.61. The Balaban J connectivity index is 1.27. The largest absolute Gasteiger partial charge is 0.464 e. The highest BCUT2D eigenvalue weighted by Gasteiger charge is 2.50. The summed E-state index contributed by atoms with van der Waals surface area (Å²) in [6, 6.07) is 37.0. The molecule has 206 valence electrons. The molecule has 0 radical (unpaired) electrons. The van der Waals surface area contributed by atoms with Crippen LogP contribution in [0.1, 0.15) is 27.8 Å². The second kappa shape index (κ2) is 12.8. The molecule has 0 N–H and O–H groups in total. The van der Waals surface area contributed by atoms with E-state index < -0.39 is 6.29 Å². The van der Waals surface area contributed by atoms with Crippen LogP contribution in [-0.2, 0) is 45.2 Å². The summed E-state index contributed by atoms with van der Waals surface area (Å²) >= 11 is 0. The van der Waals surface area contributed by atoms with Crippen LogP contribution in [0, 0.1) is 12.8 Å². The van der Waals surface area contributed by atoms with Crippen molar-refractivity contribution in [2.75, 3.05) is 6.61 Å². The molecule has 6 rings (SSSR count). The molecule has 5 nitrogen and oxygen atoms in total. The van der Waals surface area contributed by atoms with Gasteiger partial charge < -0.3 is 23.7 Å². The quantitative estimate of drug-likeness (QED) is 0.227. The Morgan fingerprint density at radius 3 is 1.88 bits per heavy atom. The highest BCUT2D eigenvalue weighted by molar-refractivity contribution is 5.39. The summed E-state index contributed by atoms with van der Waals surface area (Å²) in [6.45, 7) is 3.92. The maximum absolute atomic E-state index is 6.74. The van der Waals surface area contributed by atoms with Crippen molar-refractivity contribution in [1.29, 1.82) is 0 Å². The zero-order chi connectivity index (χ0) is 27.1. The maximum Gasteiger partial charge on any atom is 0.206 e. The Kier molecular flexibility index (Phi) is 8.55. The van der Waals surface area contributed by atoms with E-state index in [-0.39, 0.29) is 24.2 Å². The van der Waals surface area contributed by atoms with E-state index in [2.05, 4.69) is 55.5 Å². The lowest BCUT2D eigenvalue weighted by Gasteiger charge is -2.48. The first-order valence-corrected chi connectivity index (χ1v) is 14.1. The highest BCUT2D eigenvalue weighted by atomic mass is 16.7. The number of fused-ring (bicyclic) bond motifs is 2. The summed E-state index contributed by atoms with van der Waals surface area (Å²) in [5.41, 5.74) is 5.74. The molecular weight excluding hydrogens is 500 g/mol. The van der Waals surface area contributed by atoms with E-state index in [1.165, 1.54) is 11.1 Å². The van der Waals surface area contributed by atoms with Crippen molar-refractivity contribution in [3.8, 4) is 5.75 Å². The third kappa shape index (κ3) is 6.45. The van der Waals surface area contributed by atoms with E-state index in [4.69, 9.17) is 23.7 Å². The molecule has 1 saturated heterocycles. The maximum atomic E-state index is 6.74. The number of hydrogen-bond acceptors (Lipinski definition) is 5. The van der Waals surface area contributed by atoms with Crippen molar-refractivity contribution in [3.05, 3.63) is 137 Å². The molecule has 0 aromatic heterocycles. The van der Waals surface area contributed by atoms with Gasteiger partial charge in [-0.3, -0.25) is 0 Å².